The van der Waals surface area contributed by atoms with Crippen molar-refractivity contribution >= 4 is 29.0 Å². The molecule has 0 saturated carbocycles. The number of hydrogen-bond donors (Lipinski definition) is 1. The molecule has 0 aliphatic carbocycles. The summed E-state index contributed by atoms with van der Waals surface area (Å²) in [6.45, 7) is 2.60. The molecule has 0 bridgehead atoms. The zero-order chi connectivity index (χ0) is 13.0. The average molecular weight is 282 g/mol. The zero-order valence-electron chi connectivity index (χ0n) is 9.95. The van der Waals surface area contributed by atoms with Crippen LogP contribution in [-0.4, -0.2) is 9.97 Å². The summed E-state index contributed by atoms with van der Waals surface area (Å²) in [5.41, 5.74) is 1.02. The molecule has 0 fully saturated rings. The van der Waals surface area contributed by atoms with Gasteiger partial charge in [-0.3, -0.25) is 0 Å². The molecular formula is C13H13Cl2N3. The first-order valence-electron chi connectivity index (χ1n) is 5.69. The Balaban J connectivity index is 2.11. The van der Waals surface area contributed by atoms with E-state index in [-0.39, 0.29) is 0 Å². The summed E-state index contributed by atoms with van der Waals surface area (Å²) in [5, 5.41) is 4.38. The molecule has 5 heteroatoms. The Morgan fingerprint density at radius 3 is 2.67 bits per heavy atom. The molecule has 2 aromatic rings. The molecule has 0 spiro atoms. The largest absolute Gasteiger partial charge is 0.366 e. The van der Waals surface area contributed by atoms with Gasteiger partial charge in [0.25, 0.3) is 0 Å². The van der Waals surface area contributed by atoms with E-state index < -0.39 is 0 Å². The smallest absolute Gasteiger partial charge is 0.134 e. The summed E-state index contributed by atoms with van der Waals surface area (Å²) in [5.74, 6) is 1.44. The fraction of sp³-hybridized carbons (Fsp3) is 0.231. The highest BCUT2D eigenvalue weighted by Crippen LogP contribution is 2.17. The Labute approximate surface area is 116 Å². The van der Waals surface area contributed by atoms with E-state index in [1.54, 1.807) is 6.07 Å². The molecule has 1 heterocycles. The second-order valence-corrected chi connectivity index (χ2v) is 4.59. The predicted octanol–water partition coefficient (Wildman–Crippen LogP) is 3.96. The summed E-state index contributed by atoms with van der Waals surface area (Å²) < 4.78 is 0. The van der Waals surface area contributed by atoms with Gasteiger partial charge in [0.1, 0.15) is 16.8 Å². The van der Waals surface area contributed by atoms with Crippen molar-refractivity contribution in [2.75, 3.05) is 5.32 Å². The van der Waals surface area contributed by atoms with Gasteiger partial charge < -0.3 is 5.32 Å². The SMILES string of the molecule is CCc1nc(Cl)cc(NCc2ccccc2Cl)n1. The molecule has 0 aliphatic heterocycles. The summed E-state index contributed by atoms with van der Waals surface area (Å²) >= 11 is 12.0. The van der Waals surface area contributed by atoms with Crippen molar-refractivity contribution in [3.05, 3.63) is 51.9 Å². The predicted molar refractivity (Wildman–Crippen MR) is 75.2 cm³/mol. The van der Waals surface area contributed by atoms with E-state index >= 15 is 0 Å². The van der Waals surface area contributed by atoms with Gasteiger partial charge in [0, 0.05) is 24.1 Å². The quantitative estimate of drug-likeness (QED) is 0.862. The third kappa shape index (κ3) is 3.34. The molecule has 0 amide bonds. The summed E-state index contributed by atoms with van der Waals surface area (Å²) in [4.78, 5) is 8.46. The average Bonchev–Trinajstić information content (AvgIpc) is 2.37. The number of benzene rings is 1. The number of halogens is 2. The van der Waals surface area contributed by atoms with Gasteiger partial charge in [-0.05, 0) is 11.6 Å². The number of nitrogens with one attached hydrogen (secondary N) is 1. The molecule has 2 rings (SSSR count). The van der Waals surface area contributed by atoms with Crippen LogP contribution in [0.3, 0.4) is 0 Å². The van der Waals surface area contributed by atoms with E-state index in [2.05, 4.69) is 15.3 Å². The van der Waals surface area contributed by atoms with E-state index in [1.807, 2.05) is 31.2 Å². The maximum atomic E-state index is 6.08. The van der Waals surface area contributed by atoms with Gasteiger partial charge >= 0.3 is 0 Å². The Kier molecular flexibility index (Phi) is 4.39. The highest BCUT2D eigenvalue weighted by atomic mass is 35.5. The lowest BCUT2D eigenvalue weighted by molar-refractivity contribution is 0.933. The monoisotopic (exact) mass is 281 g/mol. The van der Waals surface area contributed by atoms with Crippen LogP contribution in [0.2, 0.25) is 10.2 Å². The lowest BCUT2D eigenvalue weighted by Gasteiger charge is -2.08. The summed E-state index contributed by atoms with van der Waals surface area (Å²) in [7, 11) is 0. The molecule has 0 unspecified atom stereocenters. The Morgan fingerprint density at radius 2 is 1.94 bits per heavy atom. The van der Waals surface area contributed by atoms with E-state index in [0.29, 0.717) is 17.5 Å². The van der Waals surface area contributed by atoms with Crippen molar-refractivity contribution in [3.63, 3.8) is 0 Å². The number of rotatable bonds is 4. The molecule has 0 radical (unpaired) electrons. The van der Waals surface area contributed by atoms with Crippen LogP contribution < -0.4 is 5.32 Å². The van der Waals surface area contributed by atoms with Crippen molar-refractivity contribution in [2.45, 2.75) is 19.9 Å². The molecule has 0 saturated heterocycles. The first-order chi connectivity index (χ1) is 8.69. The first-order valence-corrected chi connectivity index (χ1v) is 6.45. The Bertz CT molecular complexity index is 544. The third-order valence-electron chi connectivity index (χ3n) is 2.48. The van der Waals surface area contributed by atoms with Gasteiger partial charge in [0.2, 0.25) is 0 Å². The van der Waals surface area contributed by atoms with Crippen LogP contribution in [0.25, 0.3) is 0 Å². The fourth-order valence-corrected chi connectivity index (χ4v) is 1.94. The number of aryl methyl sites for hydroxylation is 1. The highest BCUT2D eigenvalue weighted by Gasteiger charge is 2.03. The molecule has 0 atom stereocenters. The number of anilines is 1. The minimum atomic E-state index is 0.448. The highest BCUT2D eigenvalue weighted by molar-refractivity contribution is 6.31. The Morgan fingerprint density at radius 1 is 1.17 bits per heavy atom. The molecular weight excluding hydrogens is 269 g/mol. The molecule has 18 heavy (non-hydrogen) atoms. The molecule has 1 N–H and O–H groups in total. The van der Waals surface area contributed by atoms with Crippen LogP contribution in [0.15, 0.2) is 30.3 Å². The molecule has 0 aliphatic rings. The van der Waals surface area contributed by atoms with E-state index in [1.165, 1.54) is 0 Å². The number of aromatic nitrogens is 2. The maximum Gasteiger partial charge on any atom is 0.134 e. The topological polar surface area (TPSA) is 37.8 Å². The minimum Gasteiger partial charge on any atom is -0.366 e. The Hall–Kier alpha value is -1.32. The molecule has 1 aromatic carbocycles. The van der Waals surface area contributed by atoms with E-state index in [0.717, 1.165) is 22.8 Å². The summed E-state index contributed by atoms with van der Waals surface area (Å²) in [6, 6.07) is 9.40. The van der Waals surface area contributed by atoms with E-state index in [9.17, 15) is 0 Å². The van der Waals surface area contributed by atoms with Crippen LogP contribution in [0.4, 0.5) is 5.82 Å². The second-order valence-electron chi connectivity index (χ2n) is 3.79. The van der Waals surface area contributed by atoms with Crippen molar-refractivity contribution in [2.24, 2.45) is 0 Å². The first kappa shape index (κ1) is 13.1. The molecule has 3 nitrogen and oxygen atoms in total. The van der Waals surface area contributed by atoms with Crippen LogP contribution in [0, 0.1) is 0 Å². The zero-order valence-corrected chi connectivity index (χ0v) is 11.5. The maximum absolute atomic E-state index is 6.08. The van der Waals surface area contributed by atoms with Gasteiger partial charge in [-0.1, -0.05) is 48.3 Å². The number of hydrogen-bond acceptors (Lipinski definition) is 3. The van der Waals surface area contributed by atoms with Gasteiger partial charge in [-0.2, -0.15) is 0 Å². The standard InChI is InChI=1S/C13H13Cl2N3/c1-2-12-17-11(15)7-13(18-12)16-8-9-5-3-4-6-10(9)14/h3-7H,2,8H2,1H3,(H,16,17,18). The molecule has 94 valence electrons. The van der Waals surface area contributed by atoms with Gasteiger partial charge in [0.15, 0.2) is 0 Å². The van der Waals surface area contributed by atoms with Gasteiger partial charge in [-0.15, -0.1) is 0 Å². The summed E-state index contributed by atoms with van der Waals surface area (Å²) in [6.07, 6.45) is 0.751. The lowest BCUT2D eigenvalue weighted by atomic mass is 10.2. The van der Waals surface area contributed by atoms with Crippen molar-refractivity contribution in [1.29, 1.82) is 0 Å². The van der Waals surface area contributed by atoms with Crippen LogP contribution >= 0.6 is 23.2 Å². The molecule has 1 aromatic heterocycles. The van der Waals surface area contributed by atoms with Gasteiger partial charge in [0.05, 0.1) is 0 Å². The van der Waals surface area contributed by atoms with E-state index in [4.69, 9.17) is 23.2 Å². The van der Waals surface area contributed by atoms with Crippen LogP contribution in [0.5, 0.6) is 0 Å². The van der Waals surface area contributed by atoms with Crippen LogP contribution in [0.1, 0.15) is 18.3 Å². The fourth-order valence-electron chi connectivity index (χ4n) is 1.54. The third-order valence-corrected chi connectivity index (χ3v) is 3.04. The van der Waals surface area contributed by atoms with Gasteiger partial charge in [-0.25, -0.2) is 9.97 Å². The number of nitrogens with zero attached hydrogens (tertiary/aromatic N) is 2. The van der Waals surface area contributed by atoms with Crippen molar-refractivity contribution < 1.29 is 0 Å². The second kappa shape index (κ2) is 6.03. The van der Waals surface area contributed by atoms with Crippen molar-refractivity contribution in [1.82, 2.24) is 9.97 Å². The van der Waals surface area contributed by atoms with Crippen molar-refractivity contribution in [3.8, 4) is 0 Å². The lowest BCUT2D eigenvalue weighted by Crippen LogP contribution is -2.04. The minimum absolute atomic E-state index is 0.448. The normalized spacial score (nSPS) is 10.4. The van der Waals surface area contributed by atoms with Crippen LogP contribution in [-0.2, 0) is 13.0 Å².